The van der Waals surface area contributed by atoms with Crippen LogP contribution in [-0.4, -0.2) is 29.0 Å². The third kappa shape index (κ3) is 5.29. The highest BCUT2D eigenvalue weighted by atomic mass is 16.6. The van der Waals surface area contributed by atoms with E-state index in [-0.39, 0.29) is 23.4 Å². The molecule has 0 aliphatic heterocycles. The number of hydrogen-bond donors (Lipinski definition) is 1. The number of nitrogens with one attached hydrogen (secondary N) is 1. The van der Waals surface area contributed by atoms with E-state index in [0.29, 0.717) is 5.75 Å². The van der Waals surface area contributed by atoms with Crippen LogP contribution in [0.4, 0.5) is 0 Å². The average Bonchev–Trinajstić information content (AvgIpc) is 2.70. The molecule has 0 saturated heterocycles. The third-order valence-electron chi connectivity index (χ3n) is 4.55. The van der Waals surface area contributed by atoms with Gasteiger partial charge >= 0.3 is 5.97 Å². The molecule has 6 nitrogen and oxygen atoms in total. The van der Waals surface area contributed by atoms with Gasteiger partial charge in [-0.15, -0.1) is 0 Å². The van der Waals surface area contributed by atoms with E-state index in [1.807, 2.05) is 18.2 Å². The van der Waals surface area contributed by atoms with Gasteiger partial charge in [-0.2, -0.15) is 0 Å². The van der Waals surface area contributed by atoms with Gasteiger partial charge in [0.25, 0.3) is 5.91 Å². The molecule has 1 fully saturated rings. The first kappa shape index (κ1) is 18.9. The standard InChI is InChI=1S/C21H24N2O4/c1-15(19(24)23-16-9-4-2-5-10-16)26-21(25)18-13-8-14-22-20(18)27-17-11-6-3-7-12-17/h3,6-8,11-16H,2,4-5,9-10H2,1H3,(H,23,24)/t15-/m0/s1. The number of carbonyl (C=O) groups excluding carboxylic acids is 2. The van der Waals surface area contributed by atoms with Crippen LogP contribution in [0.5, 0.6) is 11.6 Å². The van der Waals surface area contributed by atoms with Gasteiger partial charge in [0.15, 0.2) is 6.10 Å². The molecule has 1 aromatic carbocycles. The zero-order chi connectivity index (χ0) is 19.1. The molecule has 1 N–H and O–H groups in total. The summed E-state index contributed by atoms with van der Waals surface area (Å²) in [7, 11) is 0. The fraction of sp³-hybridized carbons (Fsp3) is 0.381. The van der Waals surface area contributed by atoms with Gasteiger partial charge in [0.2, 0.25) is 5.88 Å². The zero-order valence-electron chi connectivity index (χ0n) is 15.4. The van der Waals surface area contributed by atoms with E-state index in [1.54, 1.807) is 31.2 Å². The lowest BCUT2D eigenvalue weighted by Crippen LogP contribution is -2.42. The molecule has 27 heavy (non-hydrogen) atoms. The van der Waals surface area contributed by atoms with E-state index in [9.17, 15) is 9.59 Å². The zero-order valence-corrected chi connectivity index (χ0v) is 15.4. The molecule has 1 heterocycles. The summed E-state index contributed by atoms with van der Waals surface area (Å²) in [5.74, 6) is -0.202. The molecular formula is C21H24N2O4. The number of carbonyl (C=O) groups is 2. The number of para-hydroxylation sites is 1. The monoisotopic (exact) mass is 368 g/mol. The normalized spacial score (nSPS) is 15.6. The Kier molecular flexibility index (Phi) is 6.41. The molecule has 2 aromatic rings. The minimum Gasteiger partial charge on any atom is -0.449 e. The lowest BCUT2D eigenvalue weighted by Gasteiger charge is -2.24. The SMILES string of the molecule is C[C@H](OC(=O)c1cccnc1Oc1ccccc1)C(=O)NC1CCCCC1. The van der Waals surface area contributed by atoms with Gasteiger partial charge in [-0.05, 0) is 44.0 Å². The molecule has 6 heteroatoms. The molecule has 0 bridgehead atoms. The minimum absolute atomic E-state index is 0.147. The number of rotatable bonds is 6. The molecule has 1 atom stereocenters. The maximum absolute atomic E-state index is 12.5. The number of ether oxygens (including phenoxy) is 2. The molecule has 1 aliphatic rings. The number of benzene rings is 1. The highest BCUT2D eigenvalue weighted by Crippen LogP contribution is 2.23. The number of hydrogen-bond acceptors (Lipinski definition) is 5. The average molecular weight is 368 g/mol. The van der Waals surface area contributed by atoms with Gasteiger partial charge in [0.1, 0.15) is 11.3 Å². The summed E-state index contributed by atoms with van der Waals surface area (Å²) in [4.78, 5) is 29.0. The van der Waals surface area contributed by atoms with E-state index >= 15 is 0 Å². The number of aromatic nitrogens is 1. The maximum Gasteiger partial charge on any atom is 0.344 e. The minimum atomic E-state index is -0.885. The van der Waals surface area contributed by atoms with Crippen molar-refractivity contribution in [2.24, 2.45) is 0 Å². The van der Waals surface area contributed by atoms with Gasteiger partial charge in [-0.25, -0.2) is 9.78 Å². The second-order valence-corrected chi connectivity index (χ2v) is 6.66. The number of amides is 1. The number of pyridine rings is 1. The van der Waals surface area contributed by atoms with Crippen LogP contribution < -0.4 is 10.1 Å². The van der Waals surface area contributed by atoms with E-state index < -0.39 is 12.1 Å². The summed E-state index contributed by atoms with van der Waals surface area (Å²) >= 11 is 0. The molecular weight excluding hydrogens is 344 g/mol. The molecule has 0 spiro atoms. The Balaban J connectivity index is 1.62. The maximum atomic E-state index is 12.5. The van der Waals surface area contributed by atoms with Gasteiger partial charge in [0.05, 0.1) is 0 Å². The second kappa shape index (κ2) is 9.16. The molecule has 1 aliphatic carbocycles. The van der Waals surface area contributed by atoms with Gasteiger partial charge in [0, 0.05) is 12.2 Å². The van der Waals surface area contributed by atoms with E-state index in [1.165, 1.54) is 12.6 Å². The molecule has 3 rings (SSSR count). The van der Waals surface area contributed by atoms with Crippen LogP contribution in [0.3, 0.4) is 0 Å². The fourth-order valence-electron chi connectivity index (χ4n) is 3.07. The summed E-state index contributed by atoms with van der Waals surface area (Å²) in [5.41, 5.74) is 0.179. The first-order chi connectivity index (χ1) is 13.1. The predicted molar refractivity (Wildman–Crippen MR) is 101 cm³/mol. The van der Waals surface area contributed by atoms with Crippen LogP contribution in [-0.2, 0) is 9.53 Å². The van der Waals surface area contributed by atoms with Crippen LogP contribution in [0.1, 0.15) is 49.4 Å². The first-order valence-electron chi connectivity index (χ1n) is 9.33. The highest BCUT2D eigenvalue weighted by molar-refractivity contribution is 5.94. The largest absolute Gasteiger partial charge is 0.449 e. The fourth-order valence-corrected chi connectivity index (χ4v) is 3.07. The Labute approximate surface area is 158 Å². The summed E-state index contributed by atoms with van der Waals surface area (Å²) < 4.78 is 11.0. The van der Waals surface area contributed by atoms with Crippen molar-refractivity contribution >= 4 is 11.9 Å². The third-order valence-corrected chi connectivity index (χ3v) is 4.55. The Morgan fingerprint density at radius 3 is 2.56 bits per heavy atom. The van der Waals surface area contributed by atoms with Crippen LogP contribution in [0, 0.1) is 0 Å². The summed E-state index contributed by atoms with van der Waals surface area (Å²) in [6, 6.07) is 12.4. The first-order valence-corrected chi connectivity index (χ1v) is 9.33. The van der Waals surface area contributed by atoms with Crippen molar-refractivity contribution in [3.8, 4) is 11.6 Å². The molecule has 0 radical (unpaired) electrons. The molecule has 1 amide bonds. The van der Waals surface area contributed by atoms with Crippen molar-refractivity contribution in [3.05, 3.63) is 54.2 Å². The second-order valence-electron chi connectivity index (χ2n) is 6.66. The van der Waals surface area contributed by atoms with Crippen LogP contribution in [0.25, 0.3) is 0 Å². The van der Waals surface area contributed by atoms with Crippen LogP contribution in [0.2, 0.25) is 0 Å². The Bertz CT molecular complexity index is 773. The van der Waals surface area contributed by atoms with Gasteiger partial charge in [-0.1, -0.05) is 37.5 Å². The van der Waals surface area contributed by atoms with Crippen LogP contribution >= 0.6 is 0 Å². The Morgan fingerprint density at radius 2 is 1.81 bits per heavy atom. The highest BCUT2D eigenvalue weighted by Gasteiger charge is 2.24. The van der Waals surface area contributed by atoms with Crippen molar-refractivity contribution in [2.45, 2.75) is 51.2 Å². The topological polar surface area (TPSA) is 77.5 Å². The quantitative estimate of drug-likeness (QED) is 0.783. The van der Waals surface area contributed by atoms with Gasteiger partial charge in [-0.3, -0.25) is 4.79 Å². The van der Waals surface area contributed by atoms with Crippen molar-refractivity contribution in [1.82, 2.24) is 10.3 Å². The summed E-state index contributed by atoms with van der Waals surface area (Å²) in [6.45, 7) is 1.57. The molecule has 1 saturated carbocycles. The van der Waals surface area contributed by atoms with E-state index in [0.717, 1.165) is 25.7 Å². The Morgan fingerprint density at radius 1 is 1.07 bits per heavy atom. The summed E-state index contributed by atoms with van der Waals surface area (Å²) in [6.07, 6.45) is 6.05. The van der Waals surface area contributed by atoms with Crippen molar-refractivity contribution < 1.29 is 19.1 Å². The lowest BCUT2D eigenvalue weighted by molar-refractivity contribution is -0.130. The molecule has 0 unspecified atom stereocenters. The smallest absolute Gasteiger partial charge is 0.344 e. The number of esters is 1. The van der Waals surface area contributed by atoms with Crippen LogP contribution in [0.15, 0.2) is 48.7 Å². The molecule has 1 aromatic heterocycles. The molecule has 142 valence electrons. The van der Waals surface area contributed by atoms with Crippen molar-refractivity contribution in [3.63, 3.8) is 0 Å². The van der Waals surface area contributed by atoms with E-state index in [2.05, 4.69) is 10.3 Å². The lowest BCUT2D eigenvalue weighted by atomic mass is 9.95. The van der Waals surface area contributed by atoms with Crippen molar-refractivity contribution in [1.29, 1.82) is 0 Å². The predicted octanol–water partition coefficient (Wildman–Crippen LogP) is 3.87. The van der Waals surface area contributed by atoms with Gasteiger partial charge < -0.3 is 14.8 Å². The summed E-state index contributed by atoms with van der Waals surface area (Å²) in [5, 5.41) is 2.97. The number of nitrogens with zero attached hydrogens (tertiary/aromatic N) is 1. The Hall–Kier alpha value is -2.89. The van der Waals surface area contributed by atoms with E-state index in [4.69, 9.17) is 9.47 Å². The van der Waals surface area contributed by atoms with Crippen molar-refractivity contribution in [2.75, 3.05) is 0 Å².